The molecule has 4 nitrogen and oxygen atoms in total. The average molecular weight is 231 g/mol. The van der Waals surface area contributed by atoms with Crippen molar-refractivity contribution in [2.24, 2.45) is 5.41 Å². The molecule has 1 heterocycles. The van der Waals surface area contributed by atoms with Crippen LogP contribution in [0.1, 0.15) is 19.4 Å². The van der Waals surface area contributed by atoms with Crippen molar-refractivity contribution >= 4 is 12.6 Å². The Labute approximate surface area is 101 Å². The van der Waals surface area contributed by atoms with Crippen molar-refractivity contribution in [1.29, 1.82) is 5.26 Å². The largest absolute Gasteiger partial charge is 0.508 e. The van der Waals surface area contributed by atoms with Gasteiger partial charge in [-0.25, -0.2) is 0 Å². The second-order valence-electron chi connectivity index (χ2n) is 5.00. The third-order valence-corrected chi connectivity index (χ3v) is 2.66. The van der Waals surface area contributed by atoms with Gasteiger partial charge < -0.3 is 14.4 Å². The van der Waals surface area contributed by atoms with E-state index in [0.717, 1.165) is 0 Å². The van der Waals surface area contributed by atoms with Gasteiger partial charge in [0.2, 0.25) is 0 Å². The summed E-state index contributed by atoms with van der Waals surface area (Å²) in [5, 5.41) is 18.3. The summed E-state index contributed by atoms with van der Waals surface area (Å²) in [6, 6.07) is 6.65. The molecule has 1 aliphatic heterocycles. The minimum atomic E-state index is -0.515. The van der Waals surface area contributed by atoms with E-state index < -0.39 is 7.12 Å². The van der Waals surface area contributed by atoms with E-state index in [1.165, 1.54) is 12.1 Å². The smallest absolute Gasteiger partial charge is 0.495 e. The van der Waals surface area contributed by atoms with Gasteiger partial charge in [-0.3, -0.25) is 0 Å². The van der Waals surface area contributed by atoms with Crippen LogP contribution >= 0.6 is 0 Å². The van der Waals surface area contributed by atoms with Crippen molar-refractivity contribution in [3.05, 3.63) is 23.8 Å². The molecular formula is C12H14BNO3. The molecule has 1 aromatic rings. The third kappa shape index (κ3) is 2.60. The van der Waals surface area contributed by atoms with E-state index in [4.69, 9.17) is 14.6 Å². The molecule has 1 fully saturated rings. The topological polar surface area (TPSA) is 62.5 Å². The van der Waals surface area contributed by atoms with Gasteiger partial charge in [0, 0.05) is 24.1 Å². The fourth-order valence-corrected chi connectivity index (χ4v) is 1.72. The molecule has 0 unspecified atom stereocenters. The molecule has 1 N–H and O–H groups in total. The van der Waals surface area contributed by atoms with Crippen LogP contribution in [-0.4, -0.2) is 25.4 Å². The summed E-state index contributed by atoms with van der Waals surface area (Å²) in [7, 11) is -0.515. The van der Waals surface area contributed by atoms with Crippen LogP contribution in [0.5, 0.6) is 5.75 Å². The second kappa shape index (κ2) is 4.40. The Morgan fingerprint density at radius 1 is 1.35 bits per heavy atom. The first kappa shape index (κ1) is 12.0. The van der Waals surface area contributed by atoms with Crippen LogP contribution in [0.2, 0.25) is 0 Å². The third-order valence-electron chi connectivity index (χ3n) is 2.66. The number of phenolic OH excluding ortho intramolecular Hbond substituents is 1. The molecule has 17 heavy (non-hydrogen) atoms. The molecule has 2 rings (SSSR count). The zero-order valence-electron chi connectivity index (χ0n) is 9.93. The first-order valence-electron chi connectivity index (χ1n) is 5.48. The Bertz CT molecular complexity index is 457. The molecule has 88 valence electrons. The molecule has 1 aromatic carbocycles. The molecule has 0 radical (unpaired) electrons. The molecule has 1 saturated heterocycles. The van der Waals surface area contributed by atoms with E-state index in [0.29, 0.717) is 24.2 Å². The molecule has 0 spiro atoms. The Kier molecular flexibility index (Phi) is 3.10. The monoisotopic (exact) mass is 231 g/mol. The van der Waals surface area contributed by atoms with Crippen LogP contribution in [-0.2, 0) is 9.31 Å². The number of nitrogens with zero attached hydrogens (tertiary/aromatic N) is 1. The molecule has 0 atom stereocenters. The van der Waals surface area contributed by atoms with E-state index in [1.54, 1.807) is 6.07 Å². The minimum absolute atomic E-state index is 0.000224. The lowest BCUT2D eigenvalue weighted by molar-refractivity contribution is 0.0343. The summed E-state index contributed by atoms with van der Waals surface area (Å²) < 4.78 is 11.2. The fourth-order valence-electron chi connectivity index (χ4n) is 1.72. The standard InChI is InChI=1S/C12H14BNO3/c1-12(2)7-16-13(17-8-12)11-4-3-10(15)5-9(11)6-14/h3-5,15H,7-8H2,1-2H3. The predicted molar refractivity (Wildman–Crippen MR) is 63.9 cm³/mol. The molecule has 5 heteroatoms. The number of nitriles is 1. The van der Waals surface area contributed by atoms with Crippen molar-refractivity contribution in [1.82, 2.24) is 0 Å². The summed E-state index contributed by atoms with van der Waals surface area (Å²) in [4.78, 5) is 0. The molecule has 0 bridgehead atoms. The van der Waals surface area contributed by atoms with Gasteiger partial charge >= 0.3 is 7.12 Å². The summed E-state index contributed by atoms with van der Waals surface area (Å²) in [5.41, 5.74) is 1.05. The Morgan fingerprint density at radius 3 is 2.59 bits per heavy atom. The first-order valence-corrected chi connectivity index (χ1v) is 5.48. The summed E-state index contributed by atoms with van der Waals surface area (Å²) in [5.74, 6) is 0.0708. The summed E-state index contributed by atoms with van der Waals surface area (Å²) in [6.07, 6.45) is 0. The normalized spacial score (nSPS) is 18.8. The molecule has 0 amide bonds. The van der Waals surface area contributed by atoms with Crippen molar-refractivity contribution in [2.75, 3.05) is 13.2 Å². The van der Waals surface area contributed by atoms with E-state index in [2.05, 4.69) is 13.8 Å². The lowest BCUT2D eigenvalue weighted by atomic mass is 9.73. The van der Waals surface area contributed by atoms with Gasteiger partial charge in [0.1, 0.15) is 5.75 Å². The molecular weight excluding hydrogens is 217 g/mol. The highest BCUT2D eigenvalue weighted by molar-refractivity contribution is 6.62. The predicted octanol–water partition coefficient (Wildman–Crippen LogP) is 1.03. The van der Waals surface area contributed by atoms with Gasteiger partial charge in [-0.1, -0.05) is 19.9 Å². The van der Waals surface area contributed by atoms with Crippen LogP contribution in [0.3, 0.4) is 0 Å². The van der Waals surface area contributed by atoms with Gasteiger partial charge in [0.25, 0.3) is 0 Å². The highest BCUT2D eigenvalue weighted by Gasteiger charge is 2.34. The first-order chi connectivity index (χ1) is 8.02. The van der Waals surface area contributed by atoms with Crippen molar-refractivity contribution in [3.8, 4) is 11.8 Å². The molecule has 0 saturated carbocycles. The van der Waals surface area contributed by atoms with Crippen LogP contribution in [0.4, 0.5) is 0 Å². The second-order valence-corrected chi connectivity index (χ2v) is 5.00. The number of aromatic hydroxyl groups is 1. The van der Waals surface area contributed by atoms with E-state index >= 15 is 0 Å². The van der Waals surface area contributed by atoms with Crippen LogP contribution in [0.25, 0.3) is 0 Å². The Balaban J connectivity index is 2.22. The van der Waals surface area contributed by atoms with E-state index in [9.17, 15) is 5.11 Å². The summed E-state index contributed by atoms with van der Waals surface area (Å²) in [6.45, 7) is 5.29. The zero-order valence-corrected chi connectivity index (χ0v) is 9.93. The quantitative estimate of drug-likeness (QED) is 0.733. The maximum Gasteiger partial charge on any atom is 0.495 e. The molecule has 0 aliphatic carbocycles. The van der Waals surface area contributed by atoms with Crippen molar-refractivity contribution < 1.29 is 14.4 Å². The van der Waals surface area contributed by atoms with E-state index in [-0.39, 0.29) is 11.2 Å². The Morgan fingerprint density at radius 2 is 2.00 bits per heavy atom. The lowest BCUT2D eigenvalue weighted by Crippen LogP contribution is -2.48. The molecule has 0 aromatic heterocycles. The van der Waals surface area contributed by atoms with Crippen molar-refractivity contribution in [2.45, 2.75) is 13.8 Å². The number of benzene rings is 1. The van der Waals surface area contributed by atoms with Crippen LogP contribution in [0.15, 0.2) is 18.2 Å². The zero-order chi connectivity index (χ0) is 12.5. The molecule has 1 aliphatic rings. The maximum atomic E-state index is 9.32. The van der Waals surface area contributed by atoms with Crippen molar-refractivity contribution in [3.63, 3.8) is 0 Å². The highest BCUT2D eigenvalue weighted by atomic mass is 16.6. The van der Waals surface area contributed by atoms with E-state index in [1.807, 2.05) is 6.07 Å². The van der Waals surface area contributed by atoms with Gasteiger partial charge in [0.15, 0.2) is 0 Å². The lowest BCUT2D eigenvalue weighted by Gasteiger charge is -2.33. The number of hydrogen-bond donors (Lipinski definition) is 1. The number of rotatable bonds is 1. The highest BCUT2D eigenvalue weighted by Crippen LogP contribution is 2.22. The van der Waals surface area contributed by atoms with Gasteiger partial charge in [0.05, 0.1) is 11.6 Å². The van der Waals surface area contributed by atoms with Gasteiger partial charge in [-0.15, -0.1) is 0 Å². The maximum absolute atomic E-state index is 9.32. The fraction of sp³-hybridized carbons (Fsp3) is 0.417. The number of phenols is 1. The Hall–Kier alpha value is -1.51. The summed E-state index contributed by atoms with van der Waals surface area (Å²) >= 11 is 0. The van der Waals surface area contributed by atoms with Crippen LogP contribution < -0.4 is 5.46 Å². The van der Waals surface area contributed by atoms with Gasteiger partial charge in [-0.2, -0.15) is 5.26 Å². The number of hydrogen-bond acceptors (Lipinski definition) is 4. The van der Waals surface area contributed by atoms with Crippen LogP contribution in [0, 0.1) is 16.7 Å². The minimum Gasteiger partial charge on any atom is -0.508 e. The van der Waals surface area contributed by atoms with Gasteiger partial charge in [-0.05, 0) is 12.1 Å². The SMILES string of the molecule is CC1(C)COB(c2ccc(O)cc2C#N)OC1. The average Bonchev–Trinajstić information content (AvgIpc) is 2.29.